The molecular formula is C9H7Cl2N3S. The lowest BCUT2D eigenvalue weighted by Gasteiger charge is -2.05. The van der Waals surface area contributed by atoms with Crippen molar-refractivity contribution < 1.29 is 0 Å². The van der Waals surface area contributed by atoms with E-state index in [9.17, 15) is 0 Å². The Balaban J connectivity index is 2.36. The minimum atomic E-state index is 0.529. The normalized spacial score (nSPS) is 10.5. The first-order valence-electron chi connectivity index (χ1n) is 4.08. The number of nitrogens with one attached hydrogen (secondary N) is 1. The molecule has 1 heterocycles. The van der Waals surface area contributed by atoms with E-state index in [4.69, 9.17) is 28.9 Å². The second-order valence-corrected chi connectivity index (χ2v) is 4.62. The van der Waals surface area contributed by atoms with E-state index in [1.807, 2.05) is 0 Å². The first-order chi connectivity index (χ1) is 7.16. The molecule has 0 aliphatic carbocycles. The smallest absolute Gasteiger partial charge is 0.170 e. The zero-order chi connectivity index (χ0) is 10.8. The summed E-state index contributed by atoms with van der Waals surface area (Å²) < 4.78 is 0. The summed E-state index contributed by atoms with van der Waals surface area (Å²) in [6.07, 6.45) is 3.41. The van der Waals surface area contributed by atoms with Gasteiger partial charge in [0.1, 0.15) is 0 Å². The van der Waals surface area contributed by atoms with Gasteiger partial charge in [-0.2, -0.15) is 0 Å². The van der Waals surface area contributed by atoms with E-state index in [-0.39, 0.29) is 0 Å². The lowest BCUT2D eigenvalue weighted by molar-refractivity contribution is 1.06. The van der Waals surface area contributed by atoms with E-state index >= 15 is 0 Å². The lowest BCUT2D eigenvalue weighted by atomic mass is 10.3. The highest BCUT2D eigenvalue weighted by Crippen LogP contribution is 2.38. The van der Waals surface area contributed by atoms with Gasteiger partial charge in [0.15, 0.2) is 5.16 Å². The number of nitrogens with two attached hydrogens (primary N) is 1. The van der Waals surface area contributed by atoms with Gasteiger partial charge in [-0.15, -0.1) is 0 Å². The molecule has 3 N–H and O–H groups in total. The molecule has 0 radical (unpaired) electrons. The van der Waals surface area contributed by atoms with Gasteiger partial charge in [-0.3, -0.25) is 0 Å². The molecule has 0 amide bonds. The number of nitrogen functional groups attached to an aromatic ring is 1. The van der Waals surface area contributed by atoms with Crippen LogP contribution in [0.4, 0.5) is 5.69 Å². The van der Waals surface area contributed by atoms with Gasteiger partial charge in [0.25, 0.3) is 0 Å². The minimum Gasteiger partial charge on any atom is -0.399 e. The Kier molecular flexibility index (Phi) is 3.09. The highest BCUT2D eigenvalue weighted by atomic mass is 35.5. The summed E-state index contributed by atoms with van der Waals surface area (Å²) in [4.78, 5) is 7.79. The Bertz CT molecular complexity index is 447. The molecule has 0 fully saturated rings. The Morgan fingerprint density at radius 1 is 1.27 bits per heavy atom. The molecule has 0 aliphatic rings. The Labute approximate surface area is 101 Å². The van der Waals surface area contributed by atoms with Crippen LogP contribution in [0.15, 0.2) is 34.6 Å². The van der Waals surface area contributed by atoms with Crippen LogP contribution in [-0.4, -0.2) is 9.97 Å². The second kappa shape index (κ2) is 4.35. The zero-order valence-corrected chi connectivity index (χ0v) is 9.83. The van der Waals surface area contributed by atoms with Crippen molar-refractivity contribution in [3.8, 4) is 0 Å². The monoisotopic (exact) mass is 259 g/mol. The SMILES string of the molecule is Nc1cc(Cl)c(Sc2ncc[nH]2)c(Cl)c1. The number of hydrogen-bond acceptors (Lipinski definition) is 3. The number of benzene rings is 1. The third-order valence-corrected chi connectivity index (χ3v) is 3.57. The summed E-state index contributed by atoms with van der Waals surface area (Å²) in [5, 5.41) is 1.80. The van der Waals surface area contributed by atoms with Crippen LogP contribution in [0, 0.1) is 0 Å². The van der Waals surface area contributed by atoms with E-state index in [1.165, 1.54) is 11.8 Å². The van der Waals surface area contributed by atoms with Crippen molar-refractivity contribution in [2.24, 2.45) is 0 Å². The third-order valence-electron chi connectivity index (χ3n) is 1.69. The van der Waals surface area contributed by atoms with E-state index in [0.29, 0.717) is 15.7 Å². The molecule has 0 spiro atoms. The first-order valence-corrected chi connectivity index (χ1v) is 5.66. The Morgan fingerprint density at radius 3 is 2.47 bits per heavy atom. The fraction of sp³-hybridized carbons (Fsp3) is 0. The summed E-state index contributed by atoms with van der Waals surface area (Å²) in [7, 11) is 0. The predicted octanol–water partition coefficient (Wildman–Crippen LogP) is 3.45. The van der Waals surface area contributed by atoms with E-state index in [1.54, 1.807) is 24.5 Å². The first kappa shape index (κ1) is 10.7. The molecule has 0 aliphatic heterocycles. The molecule has 2 aromatic rings. The molecule has 78 valence electrons. The van der Waals surface area contributed by atoms with Gasteiger partial charge in [-0.25, -0.2) is 4.98 Å². The maximum Gasteiger partial charge on any atom is 0.170 e. The van der Waals surface area contributed by atoms with Gasteiger partial charge in [-0.05, 0) is 23.9 Å². The molecule has 0 saturated carbocycles. The highest BCUT2D eigenvalue weighted by molar-refractivity contribution is 7.99. The minimum absolute atomic E-state index is 0.529. The molecule has 0 saturated heterocycles. The van der Waals surface area contributed by atoms with Crippen molar-refractivity contribution in [1.82, 2.24) is 9.97 Å². The van der Waals surface area contributed by atoms with E-state index in [0.717, 1.165) is 10.1 Å². The van der Waals surface area contributed by atoms with Crippen molar-refractivity contribution in [2.75, 3.05) is 5.73 Å². The Morgan fingerprint density at radius 2 is 1.93 bits per heavy atom. The Hall–Kier alpha value is -0.840. The number of rotatable bonds is 2. The highest BCUT2D eigenvalue weighted by Gasteiger charge is 2.10. The number of imidazole rings is 1. The number of anilines is 1. The predicted molar refractivity (Wildman–Crippen MR) is 63.6 cm³/mol. The van der Waals surface area contributed by atoms with E-state index < -0.39 is 0 Å². The topological polar surface area (TPSA) is 54.7 Å². The summed E-state index contributed by atoms with van der Waals surface area (Å²) in [6.45, 7) is 0. The second-order valence-electron chi connectivity index (χ2n) is 2.81. The molecule has 2 rings (SSSR count). The number of aromatic amines is 1. The number of hydrogen-bond donors (Lipinski definition) is 2. The van der Waals surface area contributed by atoms with E-state index in [2.05, 4.69) is 9.97 Å². The fourth-order valence-corrected chi connectivity index (χ4v) is 2.56. The molecule has 1 aromatic heterocycles. The summed E-state index contributed by atoms with van der Waals surface area (Å²) in [5.74, 6) is 0. The van der Waals surface area contributed by atoms with Crippen molar-refractivity contribution in [1.29, 1.82) is 0 Å². The average molecular weight is 260 g/mol. The van der Waals surface area contributed by atoms with Crippen LogP contribution in [0.25, 0.3) is 0 Å². The number of halogens is 2. The van der Waals surface area contributed by atoms with Crippen LogP contribution in [0.3, 0.4) is 0 Å². The average Bonchev–Trinajstić information content (AvgIpc) is 2.63. The van der Waals surface area contributed by atoms with Crippen LogP contribution in [0.2, 0.25) is 10.0 Å². The maximum absolute atomic E-state index is 6.02. The zero-order valence-electron chi connectivity index (χ0n) is 7.50. The standard InChI is InChI=1S/C9H7Cl2N3S/c10-6-3-5(12)4-7(11)8(6)15-9-13-1-2-14-9/h1-4H,12H2,(H,13,14). The number of H-pyrrole nitrogens is 1. The molecule has 0 bridgehead atoms. The van der Waals surface area contributed by atoms with Gasteiger partial charge in [0.2, 0.25) is 0 Å². The molecule has 3 nitrogen and oxygen atoms in total. The van der Waals surface area contributed by atoms with Crippen LogP contribution in [0.5, 0.6) is 0 Å². The summed E-state index contributed by atoms with van der Waals surface area (Å²) >= 11 is 13.4. The lowest BCUT2D eigenvalue weighted by Crippen LogP contribution is -1.87. The summed E-state index contributed by atoms with van der Waals surface area (Å²) in [6, 6.07) is 3.33. The van der Waals surface area contributed by atoms with Gasteiger partial charge in [0, 0.05) is 18.1 Å². The van der Waals surface area contributed by atoms with Crippen molar-refractivity contribution in [3.05, 3.63) is 34.6 Å². The van der Waals surface area contributed by atoms with Gasteiger partial charge in [-0.1, -0.05) is 23.2 Å². The molecular weight excluding hydrogens is 253 g/mol. The fourth-order valence-electron chi connectivity index (χ4n) is 1.08. The molecule has 15 heavy (non-hydrogen) atoms. The quantitative estimate of drug-likeness (QED) is 0.813. The number of aromatic nitrogens is 2. The van der Waals surface area contributed by atoms with Crippen molar-refractivity contribution in [3.63, 3.8) is 0 Å². The maximum atomic E-state index is 6.02. The van der Waals surface area contributed by atoms with Gasteiger partial charge >= 0.3 is 0 Å². The van der Waals surface area contributed by atoms with Crippen molar-refractivity contribution in [2.45, 2.75) is 10.1 Å². The van der Waals surface area contributed by atoms with Gasteiger partial charge in [0.05, 0.1) is 14.9 Å². The van der Waals surface area contributed by atoms with Gasteiger partial charge < -0.3 is 10.7 Å². The molecule has 0 unspecified atom stereocenters. The van der Waals surface area contributed by atoms with Crippen LogP contribution in [-0.2, 0) is 0 Å². The van der Waals surface area contributed by atoms with Crippen molar-refractivity contribution >= 4 is 40.7 Å². The third kappa shape index (κ3) is 2.40. The van der Waals surface area contributed by atoms with Crippen LogP contribution >= 0.6 is 35.0 Å². The van der Waals surface area contributed by atoms with Crippen LogP contribution < -0.4 is 5.73 Å². The molecule has 6 heteroatoms. The molecule has 1 aromatic carbocycles. The van der Waals surface area contributed by atoms with Crippen LogP contribution in [0.1, 0.15) is 0 Å². The number of nitrogens with zero attached hydrogens (tertiary/aromatic N) is 1. The molecule has 0 atom stereocenters. The largest absolute Gasteiger partial charge is 0.399 e. The summed E-state index contributed by atoms with van der Waals surface area (Å²) in [5.41, 5.74) is 6.15.